The zero-order valence-corrected chi connectivity index (χ0v) is 11.3. The van der Waals surface area contributed by atoms with E-state index in [0.717, 1.165) is 0 Å². The third-order valence-electron chi connectivity index (χ3n) is 1.91. The molecule has 0 aliphatic carbocycles. The number of aromatic nitrogens is 2. The largest absolute Gasteiger partial charge is 0.382 e. The van der Waals surface area contributed by atoms with Gasteiger partial charge < -0.3 is 10.6 Å². The van der Waals surface area contributed by atoms with Gasteiger partial charge in [0.05, 0.1) is 11.9 Å². The van der Waals surface area contributed by atoms with Gasteiger partial charge in [-0.3, -0.25) is 9.59 Å². The van der Waals surface area contributed by atoms with E-state index in [4.69, 9.17) is 0 Å². The van der Waals surface area contributed by atoms with Crippen molar-refractivity contribution in [1.82, 2.24) is 15.5 Å². The standard InChI is InChI=1S/C10H15BrN4O2/c1-6(2)14-8(16)3-4-12-7-5-13-15-10(17)9(7)11/h5-6H,3-4H2,1-2H3,(H,14,16)(H2,12,15,17). The maximum Gasteiger partial charge on any atom is 0.280 e. The minimum atomic E-state index is -0.304. The van der Waals surface area contributed by atoms with Crippen molar-refractivity contribution in [1.29, 1.82) is 0 Å². The normalized spacial score (nSPS) is 10.4. The summed E-state index contributed by atoms with van der Waals surface area (Å²) in [5, 5.41) is 11.7. The molecule has 1 aromatic rings. The number of amides is 1. The number of carbonyl (C=O) groups is 1. The van der Waals surface area contributed by atoms with Crippen LogP contribution in [0.4, 0.5) is 5.69 Å². The predicted octanol–water partition coefficient (Wildman–Crippen LogP) is 0.859. The third kappa shape index (κ3) is 4.56. The molecule has 6 nitrogen and oxygen atoms in total. The number of carbonyl (C=O) groups excluding carboxylic acids is 1. The Kier molecular flexibility index (Phi) is 5.14. The van der Waals surface area contributed by atoms with Gasteiger partial charge in [-0.25, -0.2) is 5.10 Å². The molecule has 0 bridgehead atoms. The maximum absolute atomic E-state index is 11.3. The Morgan fingerprint density at radius 3 is 2.94 bits per heavy atom. The van der Waals surface area contributed by atoms with E-state index < -0.39 is 0 Å². The average molecular weight is 303 g/mol. The molecule has 0 atom stereocenters. The maximum atomic E-state index is 11.3. The van der Waals surface area contributed by atoms with Crippen molar-refractivity contribution in [2.24, 2.45) is 0 Å². The lowest BCUT2D eigenvalue weighted by Gasteiger charge is -2.09. The van der Waals surface area contributed by atoms with Gasteiger partial charge in [0.1, 0.15) is 4.47 Å². The number of anilines is 1. The Hall–Kier alpha value is -1.37. The van der Waals surface area contributed by atoms with Gasteiger partial charge in [-0.05, 0) is 29.8 Å². The molecule has 0 spiro atoms. The predicted molar refractivity (Wildman–Crippen MR) is 68.9 cm³/mol. The lowest BCUT2D eigenvalue weighted by molar-refractivity contribution is -0.121. The molecular formula is C10H15BrN4O2. The Labute approximate surface area is 107 Å². The highest BCUT2D eigenvalue weighted by atomic mass is 79.9. The molecule has 1 heterocycles. The molecule has 0 aliphatic rings. The van der Waals surface area contributed by atoms with Gasteiger partial charge in [0, 0.05) is 19.0 Å². The summed E-state index contributed by atoms with van der Waals surface area (Å²) in [5.74, 6) is -0.0265. The van der Waals surface area contributed by atoms with Crippen LogP contribution in [0.15, 0.2) is 15.5 Å². The monoisotopic (exact) mass is 302 g/mol. The molecule has 0 saturated carbocycles. The molecule has 0 saturated heterocycles. The lowest BCUT2D eigenvalue weighted by atomic mass is 10.3. The second-order valence-electron chi connectivity index (χ2n) is 3.83. The van der Waals surface area contributed by atoms with E-state index in [9.17, 15) is 9.59 Å². The Morgan fingerprint density at radius 2 is 2.29 bits per heavy atom. The van der Waals surface area contributed by atoms with Crippen LogP contribution in [-0.2, 0) is 4.79 Å². The van der Waals surface area contributed by atoms with Crippen molar-refractivity contribution in [3.63, 3.8) is 0 Å². The van der Waals surface area contributed by atoms with Crippen LogP contribution in [0.5, 0.6) is 0 Å². The van der Waals surface area contributed by atoms with Crippen LogP contribution in [0, 0.1) is 0 Å². The zero-order chi connectivity index (χ0) is 12.8. The van der Waals surface area contributed by atoms with Crippen molar-refractivity contribution in [3.05, 3.63) is 21.0 Å². The zero-order valence-electron chi connectivity index (χ0n) is 9.71. The molecule has 1 aromatic heterocycles. The number of nitrogens with one attached hydrogen (secondary N) is 3. The number of nitrogens with zero attached hydrogens (tertiary/aromatic N) is 1. The molecule has 0 fully saturated rings. The highest BCUT2D eigenvalue weighted by Crippen LogP contribution is 2.14. The smallest absolute Gasteiger partial charge is 0.280 e. The van der Waals surface area contributed by atoms with Gasteiger partial charge >= 0.3 is 0 Å². The fraction of sp³-hybridized carbons (Fsp3) is 0.500. The van der Waals surface area contributed by atoms with Gasteiger partial charge in [-0.1, -0.05) is 0 Å². The van der Waals surface area contributed by atoms with E-state index in [2.05, 4.69) is 36.8 Å². The lowest BCUT2D eigenvalue weighted by Crippen LogP contribution is -2.31. The Balaban J connectivity index is 2.44. The molecule has 0 aliphatic heterocycles. The summed E-state index contributed by atoms with van der Waals surface area (Å²) in [7, 11) is 0. The van der Waals surface area contributed by atoms with Gasteiger partial charge in [-0.2, -0.15) is 5.10 Å². The second-order valence-corrected chi connectivity index (χ2v) is 4.62. The first-order chi connectivity index (χ1) is 8.00. The average Bonchev–Trinajstić information content (AvgIpc) is 2.23. The second kappa shape index (κ2) is 6.39. The van der Waals surface area contributed by atoms with Crippen molar-refractivity contribution in [3.8, 4) is 0 Å². The third-order valence-corrected chi connectivity index (χ3v) is 2.70. The molecule has 0 radical (unpaired) electrons. The summed E-state index contributed by atoms with van der Waals surface area (Å²) in [4.78, 5) is 22.5. The number of hydrogen-bond donors (Lipinski definition) is 3. The Morgan fingerprint density at radius 1 is 1.59 bits per heavy atom. The molecule has 1 amide bonds. The van der Waals surface area contributed by atoms with Crippen LogP contribution in [0.2, 0.25) is 0 Å². The van der Waals surface area contributed by atoms with E-state index >= 15 is 0 Å². The molecule has 7 heteroatoms. The van der Waals surface area contributed by atoms with E-state index in [1.54, 1.807) is 0 Å². The van der Waals surface area contributed by atoms with Crippen LogP contribution in [0.25, 0.3) is 0 Å². The van der Waals surface area contributed by atoms with Crippen molar-refractivity contribution >= 4 is 27.5 Å². The van der Waals surface area contributed by atoms with E-state index in [0.29, 0.717) is 23.1 Å². The van der Waals surface area contributed by atoms with E-state index in [-0.39, 0.29) is 17.5 Å². The topological polar surface area (TPSA) is 86.9 Å². The summed E-state index contributed by atoms with van der Waals surface area (Å²) >= 11 is 3.14. The summed E-state index contributed by atoms with van der Waals surface area (Å²) in [6, 6.07) is 0.135. The molecule has 0 unspecified atom stereocenters. The summed E-state index contributed by atoms with van der Waals surface area (Å²) in [6.45, 7) is 4.26. The SMILES string of the molecule is CC(C)NC(=O)CCNc1cn[nH]c(=O)c1Br. The van der Waals surface area contributed by atoms with Crippen LogP contribution in [0.3, 0.4) is 0 Å². The molecule has 1 rings (SSSR count). The molecular weight excluding hydrogens is 288 g/mol. The molecule has 94 valence electrons. The fourth-order valence-electron chi connectivity index (χ4n) is 1.21. The summed E-state index contributed by atoms with van der Waals surface area (Å²) in [6.07, 6.45) is 1.84. The number of rotatable bonds is 5. The van der Waals surface area contributed by atoms with Crippen molar-refractivity contribution in [2.75, 3.05) is 11.9 Å². The molecule has 0 aromatic carbocycles. The van der Waals surface area contributed by atoms with Gasteiger partial charge in [0.25, 0.3) is 5.56 Å². The van der Waals surface area contributed by atoms with E-state index in [1.807, 2.05) is 13.8 Å². The molecule has 3 N–H and O–H groups in total. The van der Waals surface area contributed by atoms with Crippen LogP contribution >= 0.6 is 15.9 Å². The van der Waals surface area contributed by atoms with Crippen molar-refractivity contribution in [2.45, 2.75) is 26.3 Å². The quantitative estimate of drug-likeness (QED) is 0.753. The Bertz CT molecular complexity index is 444. The molecule has 17 heavy (non-hydrogen) atoms. The number of hydrogen-bond acceptors (Lipinski definition) is 4. The first kappa shape index (κ1) is 13.7. The van der Waals surface area contributed by atoms with Gasteiger partial charge in [0.2, 0.25) is 5.91 Å². The number of halogens is 1. The highest BCUT2D eigenvalue weighted by molar-refractivity contribution is 9.10. The van der Waals surface area contributed by atoms with Crippen molar-refractivity contribution < 1.29 is 4.79 Å². The van der Waals surface area contributed by atoms with Gasteiger partial charge in [0.15, 0.2) is 0 Å². The minimum Gasteiger partial charge on any atom is -0.382 e. The number of H-pyrrole nitrogens is 1. The first-order valence-electron chi connectivity index (χ1n) is 5.27. The summed E-state index contributed by atoms with van der Waals surface area (Å²) in [5.41, 5.74) is 0.271. The summed E-state index contributed by atoms with van der Waals surface area (Å²) < 4.78 is 0.386. The minimum absolute atomic E-state index is 0.0265. The van der Waals surface area contributed by atoms with Crippen LogP contribution in [0.1, 0.15) is 20.3 Å². The first-order valence-corrected chi connectivity index (χ1v) is 6.06. The van der Waals surface area contributed by atoms with Crippen LogP contribution in [-0.4, -0.2) is 28.7 Å². The van der Waals surface area contributed by atoms with Crippen LogP contribution < -0.4 is 16.2 Å². The number of aromatic amines is 1. The van der Waals surface area contributed by atoms with E-state index in [1.165, 1.54) is 6.20 Å². The highest BCUT2D eigenvalue weighted by Gasteiger charge is 2.06. The fourth-order valence-corrected chi connectivity index (χ4v) is 1.54. The van der Waals surface area contributed by atoms with Gasteiger partial charge in [-0.15, -0.1) is 0 Å².